The standard InChI is InChI=1S/C27H44O3.C23H32N6O4S.ClH.3H2O/c1-18(8-6-14-26(3,4)30)23-12-13-24-20(9-7-15-27(23,24)5)10-11-21-16-22(28)17-25(29)19(21)2;1-5-8-20-24-16(4)21-23(30)25-22(26-29(20)21)18-15-17(9-10-19(18)33-7-3)34(31,32)28-13-11-27(6-2)12-14-28;;;;/h10-11,18,22-25,28-30H,2,6-9,12-17H2,1,3-5H3;9-10,15H,5-8,11-14H2,1-4H3,(H,25,26,30);1H;3*1H2/b20-10+,21-11-;;;;;/t18-,22-,23-,24+,25+,27-;;;;;/m1...../s1. The third kappa shape index (κ3) is 13.7. The van der Waals surface area contributed by atoms with E-state index in [0.29, 0.717) is 91.8 Å². The molecule has 16 nitrogen and oxygen atoms in total. The van der Waals surface area contributed by atoms with E-state index in [1.165, 1.54) is 42.8 Å². The van der Waals surface area contributed by atoms with Crippen LogP contribution in [0, 0.1) is 30.1 Å². The van der Waals surface area contributed by atoms with Crippen molar-refractivity contribution in [2.75, 3.05) is 39.3 Å². The van der Waals surface area contributed by atoms with E-state index in [0.717, 1.165) is 48.7 Å². The van der Waals surface area contributed by atoms with Gasteiger partial charge in [0.05, 0.1) is 40.6 Å². The summed E-state index contributed by atoms with van der Waals surface area (Å²) in [7, 11) is -3.71. The molecule has 1 saturated heterocycles. The average molecular weight is 996 g/mol. The molecule has 4 fully saturated rings. The van der Waals surface area contributed by atoms with Crippen LogP contribution in [0.4, 0.5) is 0 Å². The van der Waals surface area contributed by atoms with Crippen molar-refractivity contribution in [2.45, 2.75) is 155 Å². The number of nitrogens with one attached hydrogen (secondary N) is 1. The number of fused-ring (bicyclic) bond motifs is 2. The SMILES string of the molecule is C=C1/C(=C\C=C2/CCC[C@]3(C)[C@@H]([C@H](C)CCCC(C)(C)O)CC[C@@H]23)C[C@@H](O)C[C@@H]1O.CCCc1nc(C)c2c(=O)nc(-c3cc(S(=O)(=O)N4CCN(CC)CC4)ccc3OCC)[nH]n12.Cl.O.O.O. The summed E-state index contributed by atoms with van der Waals surface area (Å²) in [5.74, 6) is 3.53. The van der Waals surface area contributed by atoms with E-state index in [-0.39, 0.29) is 39.6 Å². The van der Waals surface area contributed by atoms with Crippen LogP contribution in [-0.4, -0.2) is 126 Å². The van der Waals surface area contributed by atoms with Gasteiger partial charge in [0.25, 0.3) is 5.56 Å². The van der Waals surface area contributed by atoms with Crippen molar-refractivity contribution in [2.24, 2.45) is 23.2 Å². The average Bonchev–Trinajstić information content (AvgIpc) is 3.77. The first-order valence-electron chi connectivity index (χ1n) is 24.0. The van der Waals surface area contributed by atoms with Gasteiger partial charge in [-0.2, -0.15) is 9.29 Å². The molecule has 1 aromatic carbocycles. The number of halogens is 1. The van der Waals surface area contributed by atoms with E-state index in [1.54, 1.807) is 35.2 Å². The molecule has 3 saturated carbocycles. The van der Waals surface area contributed by atoms with Crippen molar-refractivity contribution in [3.05, 3.63) is 75.5 Å². The van der Waals surface area contributed by atoms with Crippen molar-refractivity contribution in [3.8, 4) is 17.1 Å². The number of nitrogens with zero attached hydrogens (tertiary/aromatic N) is 5. The van der Waals surface area contributed by atoms with Crippen LogP contribution in [0.2, 0.25) is 0 Å². The Kier molecular flexibility index (Phi) is 22.8. The quantitative estimate of drug-likeness (QED) is 0.153. The molecular weight excluding hydrogens is 912 g/mol. The normalized spacial score (nSPS) is 25.0. The zero-order chi connectivity index (χ0) is 46.6. The number of aliphatic hydroxyl groups excluding tert-OH is 2. The molecule has 4 aliphatic rings. The zero-order valence-electron chi connectivity index (χ0n) is 41.7. The minimum absolute atomic E-state index is 0. The number of aryl methyl sites for hydroxylation is 2. The molecule has 0 amide bonds. The minimum Gasteiger partial charge on any atom is -0.493 e. The predicted molar refractivity (Wildman–Crippen MR) is 272 cm³/mol. The van der Waals surface area contributed by atoms with Crippen molar-refractivity contribution < 1.29 is 44.9 Å². The fraction of sp³-hybridized carbons (Fsp3) is 0.660. The Bertz CT molecular complexity index is 2350. The fourth-order valence-electron chi connectivity index (χ4n) is 11.1. The van der Waals surface area contributed by atoms with Crippen LogP contribution in [0.15, 0.2) is 63.3 Å². The smallest absolute Gasteiger partial charge is 0.299 e. The number of allylic oxidation sites excluding steroid dienone is 3. The van der Waals surface area contributed by atoms with Gasteiger partial charge in [-0.1, -0.05) is 64.8 Å². The summed E-state index contributed by atoms with van der Waals surface area (Å²) < 4.78 is 35.8. The Labute approximate surface area is 410 Å². The molecule has 10 N–H and O–H groups in total. The third-order valence-corrected chi connectivity index (χ3v) is 16.5. The van der Waals surface area contributed by atoms with Gasteiger partial charge in [0.15, 0.2) is 11.3 Å². The van der Waals surface area contributed by atoms with E-state index < -0.39 is 33.4 Å². The number of piperazine rings is 1. The van der Waals surface area contributed by atoms with Crippen LogP contribution < -0.4 is 10.3 Å². The number of imidazole rings is 1. The molecule has 0 unspecified atom stereocenters. The van der Waals surface area contributed by atoms with E-state index in [4.69, 9.17) is 4.74 Å². The minimum atomic E-state index is -3.71. The number of rotatable bonds is 14. The number of H-pyrrole nitrogens is 1. The molecule has 2 aromatic heterocycles. The maximum atomic E-state index is 13.4. The molecule has 18 heteroatoms. The summed E-state index contributed by atoms with van der Waals surface area (Å²) in [6.45, 7) is 24.1. The number of sulfonamides is 1. The van der Waals surface area contributed by atoms with E-state index in [1.807, 2.05) is 27.7 Å². The monoisotopic (exact) mass is 995 g/mol. The molecule has 386 valence electrons. The molecule has 1 aliphatic heterocycles. The van der Waals surface area contributed by atoms with Gasteiger partial charge in [0.1, 0.15) is 11.6 Å². The summed E-state index contributed by atoms with van der Waals surface area (Å²) in [4.78, 5) is 24.0. The Hall–Kier alpha value is -3.49. The molecule has 0 bridgehead atoms. The molecule has 3 aliphatic carbocycles. The van der Waals surface area contributed by atoms with Gasteiger partial charge in [-0.05, 0) is 138 Å². The highest BCUT2D eigenvalue weighted by Crippen LogP contribution is 2.60. The molecule has 68 heavy (non-hydrogen) atoms. The van der Waals surface area contributed by atoms with E-state index in [2.05, 4.69) is 59.5 Å². The van der Waals surface area contributed by atoms with Crippen LogP contribution in [-0.2, 0) is 16.4 Å². The topological polar surface area (TPSA) is 268 Å². The first-order chi connectivity index (χ1) is 30.3. The third-order valence-electron chi connectivity index (χ3n) is 14.6. The largest absolute Gasteiger partial charge is 0.493 e. The first-order valence-corrected chi connectivity index (χ1v) is 25.4. The summed E-state index contributed by atoms with van der Waals surface area (Å²) in [5.41, 5.74) is 4.16. The highest BCUT2D eigenvalue weighted by molar-refractivity contribution is 7.89. The number of hydrogen-bond donors (Lipinski definition) is 4. The lowest BCUT2D eigenvalue weighted by molar-refractivity contribution is 0.0596. The number of benzene rings is 1. The van der Waals surface area contributed by atoms with Gasteiger partial charge in [-0.25, -0.2) is 17.9 Å². The van der Waals surface area contributed by atoms with Gasteiger partial charge in [0, 0.05) is 39.0 Å². The lowest BCUT2D eigenvalue weighted by Crippen LogP contribution is -2.48. The van der Waals surface area contributed by atoms with Crippen LogP contribution in [0.1, 0.15) is 131 Å². The number of aromatic amines is 1. The Balaban J connectivity index is 0.000000444. The number of aromatic nitrogens is 4. The Morgan fingerprint density at radius 1 is 1.06 bits per heavy atom. The van der Waals surface area contributed by atoms with Gasteiger partial charge in [0.2, 0.25) is 10.0 Å². The van der Waals surface area contributed by atoms with Crippen molar-refractivity contribution >= 4 is 27.9 Å². The molecule has 0 radical (unpaired) electrons. The molecular formula is C50H83ClN6O10S. The van der Waals surface area contributed by atoms with Crippen molar-refractivity contribution in [1.82, 2.24) is 28.8 Å². The van der Waals surface area contributed by atoms with Crippen LogP contribution >= 0.6 is 12.4 Å². The predicted octanol–water partition coefficient (Wildman–Crippen LogP) is 5.72. The maximum Gasteiger partial charge on any atom is 0.299 e. The number of aliphatic hydroxyl groups is 3. The van der Waals surface area contributed by atoms with Gasteiger partial charge in [-0.15, -0.1) is 12.4 Å². The van der Waals surface area contributed by atoms with Crippen molar-refractivity contribution in [3.63, 3.8) is 0 Å². The zero-order valence-corrected chi connectivity index (χ0v) is 43.4. The molecule has 7 rings (SSSR count). The second kappa shape index (κ2) is 25.6. The van der Waals surface area contributed by atoms with Crippen LogP contribution in [0.3, 0.4) is 0 Å². The summed E-state index contributed by atoms with van der Waals surface area (Å²) in [6.07, 6.45) is 15.4. The van der Waals surface area contributed by atoms with E-state index >= 15 is 0 Å². The Morgan fingerprint density at radius 2 is 1.75 bits per heavy atom. The maximum absolute atomic E-state index is 13.4. The number of likely N-dealkylation sites (N-methyl/N-ethyl adjacent to an activating group) is 1. The summed E-state index contributed by atoms with van der Waals surface area (Å²) in [5, 5.41) is 33.4. The second-order valence-corrected chi connectivity index (χ2v) is 21.6. The highest BCUT2D eigenvalue weighted by atomic mass is 35.5. The lowest BCUT2D eigenvalue weighted by atomic mass is 9.60. The second-order valence-electron chi connectivity index (χ2n) is 19.7. The first kappa shape index (κ1) is 60.6. The molecule has 6 atom stereocenters. The van der Waals surface area contributed by atoms with E-state index in [9.17, 15) is 28.5 Å². The fourth-order valence-corrected chi connectivity index (χ4v) is 12.5. The molecule has 3 aromatic rings. The van der Waals surface area contributed by atoms with Gasteiger partial charge in [-0.3, -0.25) is 9.89 Å². The van der Waals surface area contributed by atoms with Gasteiger partial charge < -0.3 is 41.4 Å². The molecule has 0 spiro atoms. The number of ether oxygens (including phenoxy) is 1. The van der Waals surface area contributed by atoms with Crippen LogP contribution in [0.25, 0.3) is 16.9 Å². The lowest BCUT2D eigenvalue weighted by Gasteiger charge is -2.44. The Morgan fingerprint density at radius 3 is 2.38 bits per heavy atom. The summed E-state index contributed by atoms with van der Waals surface area (Å²) >= 11 is 0. The van der Waals surface area contributed by atoms with Crippen molar-refractivity contribution in [1.29, 1.82) is 0 Å². The van der Waals surface area contributed by atoms with Gasteiger partial charge >= 0.3 is 0 Å². The molecule has 3 heterocycles. The van der Waals surface area contributed by atoms with Crippen LogP contribution in [0.5, 0.6) is 5.75 Å². The highest BCUT2D eigenvalue weighted by Gasteiger charge is 2.50. The number of hydrogen-bond acceptors (Lipinski definition) is 10. The summed E-state index contributed by atoms with van der Waals surface area (Å²) in [6, 6.07) is 4.72.